The monoisotopic (exact) mass is 1740 g/mol. The molecule has 8 aromatic rings. The first-order valence-electron chi connectivity index (χ1n) is 42.9. The molecule has 0 spiro atoms. The van der Waals surface area contributed by atoms with Crippen molar-refractivity contribution in [3.05, 3.63) is 197 Å². The van der Waals surface area contributed by atoms with Crippen LogP contribution in [-0.4, -0.2) is 103 Å². The molecule has 5 N–H and O–H groups in total. The normalized spacial score (nSPS) is 13.7. The molecular weight excluding hydrogens is 1580 g/mol. The Bertz CT molecular complexity index is 5110. The van der Waals surface area contributed by atoms with Crippen LogP contribution in [0, 0.1) is 38.4 Å². The first kappa shape index (κ1) is 114. The van der Waals surface area contributed by atoms with Crippen molar-refractivity contribution in [3.63, 3.8) is 0 Å². The van der Waals surface area contributed by atoms with Crippen molar-refractivity contribution in [3.8, 4) is 0 Å². The number of carboxylic acids is 1. The minimum Gasteiger partial charge on any atom is -0.481 e. The number of alkyl halides is 3. The number of methoxy groups -OCH3 is 2. The predicted octanol–water partition coefficient (Wildman–Crippen LogP) is 23.6. The second kappa shape index (κ2) is 44.8. The Morgan fingerprint density at radius 3 is 1.37 bits per heavy atom. The van der Waals surface area contributed by atoms with Crippen LogP contribution in [-0.2, 0) is 80.4 Å². The summed E-state index contributed by atoms with van der Waals surface area (Å²) in [5, 5.41) is 25.0. The number of halogens is 3. The Balaban J connectivity index is 0.000000702. The maximum Gasteiger partial charge on any atom is 0.392 e. The van der Waals surface area contributed by atoms with E-state index in [0.29, 0.717) is 27.6 Å². The van der Waals surface area contributed by atoms with Crippen LogP contribution in [0.25, 0.3) is 39.0 Å². The number of nitrogens with one attached hydrogen (secondary N) is 3. The van der Waals surface area contributed by atoms with Gasteiger partial charge in [0.15, 0.2) is 5.78 Å². The molecule has 1 aliphatic heterocycles. The number of nitrogens with zero attached hydrogens (tertiary/aromatic N) is 4. The molecule has 3 aromatic heterocycles. The third-order valence-corrected chi connectivity index (χ3v) is 23.0. The highest BCUT2D eigenvalue weighted by atomic mass is 19.4. The number of rotatable bonds is 5. The number of ether oxygens (including phenoxy) is 2. The highest BCUT2D eigenvalue weighted by Gasteiger charge is 2.43. The van der Waals surface area contributed by atoms with Gasteiger partial charge in [-0.25, -0.2) is 0 Å². The van der Waals surface area contributed by atoms with E-state index < -0.39 is 45.9 Å². The maximum atomic E-state index is 11.9. The smallest absolute Gasteiger partial charge is 0.392 e. The van der Waals surface area contributed by atoms with Crippen LogP contribution >= 0.6 is 0 Å². The number of benzene rings is 5. The first-order chi connectivity index (χ1) is 56.2. The molecule has 22 heteroatoms. The number of amides is 2. The number of aromatic nitrogens is 5. The number of aliphatic carboxylic acids is 1. The summed E-state index contributed by atoms with van der Waals surface area (Å²) in [6.07, 6.45) is 4.91. The van der Waals surface area contributed by atoms with Crippen LogP contribution in [0.5, 0.6) is 0 Å². The summed E-state index contributed by atoms with van der Waals surface area (Å²) in [6, 6.07) is 33.7. The second-order valence-corrected chi connectivity index (χ2v) is 44.0. The van der Waals surface area contributed by atoms with E-state index in [1.165, 1.54) is 40.8 Å². The van der Waals surface area contributed by atoms with Gasteiger partial charge in [-0.05, 0) is 194 Å². The molecule has 0 radical (unpaired) electrons. The van der Waals surface area contributed by atoms with Crippen LogP contribution in [0.4, 0.5) is 18.9 Å². The van der Waals surface area contributed by atoms with E-state index in [0.717, 1.165) is 62.9 Å². The fourth-order valence-corrected chi connectivity index (χ4v) is 10.5. The molecule has 2 atom stereocenters. The molecule has 1 unspecified atom stereocenters. The molecule has 2 aliphatic rings. The number of Topliss-reactive ketones (excluding diaryl/α,β-unsaturated/α-hetero) is 1. The van der Waals surface area contributed by atoms with Crippen molar-refractivity contribution in [1.29, 1.82) is 0 Å². The summed E-state index contributed by atoms with van der Waals surface area (Å²) in [6.45, 7) is 75.6. The van der Waals surface area contributed by atoms with Crippen LogP contribution < -0.4 is 27.3 Å². The minimum atomic E-state index is -4.06. The third-order valence-electron chi connectivity index (χ3n) is 23.0. The van der Waals surface area contributed by atoms with Gasteiger partial charge in [0.25, 0.3) is 5.91 Å². The van der Waals surface area contributed by atoms with E-state index in [1.54, 1.807) is 86.4 Å². The number of fused-ring (bicyclic) bond motifs is 5. The van der Waals surface area contributed by atoms with Crippen molar-refractivity contribution in [2.75, 3.05) is 26.1 Å². The molecule has 19 nitrogen and oxygen atoms in total. The summed E-state index contributed by atoms with van der Waals surface area (Å²) in [7, 11) is 5.02. The topological polar surface area (TPSA) is 271 Å². The van der Waals surface area contributed by atoms with Crippen molar-refractivity contribution in [1.82, 2.24) is 29.6 Å². The molecule has 1 aliphatic carbocycles. The number of anilines is 1. The van der Waals surface area contributed by atoms with Gasteiger partial charge in [-0.1, -0.05) is 275 Å². The van der Waals surface area contributed by atoms with Crippen molar-refractivity contribution in [2.45, 2.75) is 320 Å². The molecular formula is C103H156F3N7O12. The molecule has 0 saturated heterocycles. The number of aryl methyl sites for hydroxylation is 1. The van der Waals surface area contributed by atoms with Crippen molar-refractivity contribution in [2.24, 2.45) is 45.5 Å². The van der Waals surface area contributed by atoms with E-state index in [9.17, 15) is 56.7 Å². The molecule has 0 fully saturated rings. The van der Waals surface area contributed by atoms with Crippen LogP contribution in [0.2, 0.25) is 0 Å². The molecule has 696 valence electrons. The molecule has 4 heterocycles. The number of hydrogen-bond donors (Lipinski definition) is 5. The number of allylic oxidation sites excluding steroid dienone is 1. The van der Waals surface area contributed by atoms with Gasteiger partial charge < -0.3 is 40.0 Å². The fraction of sp³-hybridized carbons (Fsp3) is 0.573. The quantitative estimate of drug-likeness (QED) is 0.0792. The first-order valence-corrected chi connectivity index (χ1v) is 42.9. The van der Waals surface area contributed by atoms with Crippen LogP contribution in [0.3, 0.4) is 0 Å². The summed E-state index contributed by atoms with van der Waals surface area (Å²) in [5.74, 6) is -2.59. The third kappa shape index (κ3) is 37.6. The number of aromatic amines is 1. The van der Waals surface area contributed by atoms with E-state index in [4.69, 9.17) is 14.6 Å². The lowest BCUT2D eigenvalue weighted by Crippen LogP contribution is -2.40. The standard InChI is InChI=1S/C14H16O.C13H16N2O3.C13H15NO2.C13H15NO.C12H14N2.C8H17NO.C8H16O2.C8H18O.C7H13F3.C7H16O/c1-14(2,3)12-6-4-11-9-13(15)7-5-10(11)8-12;1-13(2,3)8-5-6-9-10(7-8)14(4)11(16)12(17)15(9)18;1-13(2,3)9-5-4-8-6-11(15)12(16)14-10(8)7-9;1-13(2,3)10-6-4-9-5-7-12(15)14-11(9)8-10;1-12(2,3)9-4-5-10-11(8-9)14-7-6-13-10;1-6(8(3,4)5)9-7(2)10;1-7(2,3)8(4,5)6(9)10;1-7(2,3)8(4,5)9-6;1-5(6(2,3)4)7(8,9)10;1-7(2,3)5-6-8-4/h4-8H,9H2,1-3H3;5-7,18H,1-4H3;4-5,7H,6H2,1-3H3,(H,14,16);4-8H,1-3H3,(H,14,15);4-8H,1-3H3;6H,1-5H3,(H,9,10);1-5H3,(H,9,10);1-6H3;5H,1-4H3;5-6H2,1-4H3/t;;;;;;;;5-;/m........1./s1. The number of pyridine rings is 1. The van der Waals surface area contributed by atoms with Gasteiger partial charge >= 0.3 is 23.3 Å². The van der Waals surface area contributed by atoms with E-state index in [-0.39, 0.29) is 84.4 Å². The zero-order valence-corrected chi connectivity index (χ0v) is 83.5. The number of H-pyrrole nitrogens is 1. The predicted molar refractivity (Wildman–Crippen MR) is 511 cm³/mol. The Hall–Kier alpha value is -9.41. The Morgan fingerprint density at radius 2 is 0.968 bits per heavy atom. The average molecular weight is 1740 g/mol. The van der Waals surface area contributed by atoms with Crippen molar-refractivity contribution < 1.29 is 56.9 Å². The molecule has 0 bridgehead atoms. The molecule has 2 amide bonds. The number of carbonyl (C=O) groups is 5. The maximum absolute atomic E-state index is 11.9. The van der Waals surface area contributed by atoms with Gasteiger partial charge in [0.1, 0.15) is 5.52 Å². The van der Waals surface area contributed by atoms with Gasteiger partial charge in [0.05, 0.1) is 33.5 Å². The lowest BCUT2D eigenvalue weighted by molar-refractivity contribution is -0.194. The Labute approximate surface area is 745 Å². The lowest BCUT2D eigenvalue weighted by Gasteiger charge is -2.37. The number of hydrogen-bond acceptors (Lipinski definition) is 13. The van der Waals surface area contributed by atoms with Gasteiger partial charge in [-0.3, -0.25) is 48.3 Å². The van der Waals surface area contributed by atoms with Crippen molar-refractivity contribution >= 4 is 74.1 Å². The number of ketones is 2. The Kier molecular flexibility index (Phi) is 40.7. The van der Waals surface area contributed by atoms with Gasteiger partial charge in [0, 0.05) is 83.3 Å². The fourth-order valence-electron chi connectivity index (χ4n) is 10.5. The Morgan fingerprint density at radius 1 is 0.520 bits per heavy atom. The number of carbonyl (C=O) groups excluding carboxylic acids is 4. The lowest BCUT2D eigenvalue weighted by atomic mass is 9.69. The summed E-state index contributed by atoms with van der Waals surface area (Å²) in [4.78, 5) is 101. The minimum absolute atomic E-state index is 0.0208. The van der Waals surface area contributed by atoms with E-state index in [2.05, 4.69) is 248 Å². The van der Waals surface area contributed by atoms with E-state index in [1.807, 2.05) is 82.3 Å². The summed E-state index contributed by atoms with van der Waals surface area (Å²) in [5.41, 5.74) is 11.7. The van der Waals surface area contributed by atoms with Gasteiger partial charge in [-0.15, -0.1) is 4.73 Å². The molecule has 0 saturated carbocycles. The highest BCUT2D eigenvalue weighted by molar-refractivity contribution is 6.42. The zero-order valence-electron chi connectivity index (χ0n) is 83.5. The van der Waals surface area contributed by atoms with Gasteiger partial charge in [0.2, 0.25) is 17.2 Å². The summed E-state index contributed by atoms with van der Waals surface area (Å²) < 4.78 is 47.7. The van der Waals surface area contributed by atoms with Crippen LogP contribution in [0.1, 0.15) is 307 Å². The average Bonchev–Trinajstić information content (AvgIpc) is 0.769. The largest absolute Gasteiger partial charge is 0.481 e. The van der Waals surface area contributed by atoms with E-state index >= 15 is 0 Å². The molecule has 125 heavy (non-hydrogen) atoms. The number of carboxylic acid groups (broad SMARTS) is 1. The molecule has 5 aromatic carbocycles. The highest BCUT2D eigenvalue weighted by Crippen LogP contribution is 2.40. The zero-order chi connectivity index (χ0) is 97.7. The SMILES string of the molecule is CC(=O)NC(C)C(C)(C)C.CC(C)(C)C(C)(C)C(=O)O.CC(C)(C)c1ccc2c(c1)C=CC(=O)C2.CC(C)(C)c1ccc2c(c1)NC(=O)C(=O)C2.CC(C)(C)c1ccc2ccc(=O)[nH]c2c1.CC(C)(C)c1ccc2nccnc2c1.COC(C)(C)C(C)(C)C.COCCC(C)(C)C.C[C@H](C(C)(C)C)C(F)(F)F.Cn1c(=O)c(=O)n(O)c2ccc(C(C)(C)C)cc21. The summed E-state index contributed by atoms with van der Waals surface area (Å²) >= 11 is 0. The molecule has 10 rings (SSSR count). The van der Waals surface area contributed by atoms with Gasteiger partial charge in [-0.2, -0.15) is 13.2 Å². The second-order valence-electron chi connectivity index (χ2n) is 44.0. The van der Waals surface area contributed by atoms with Crippen LogP contribution in [0.15, 0.2) is 136 Å².